The van der Waals surface area contributed by atoms with E-state index in [0.29, 0.717) is 16.6 Å². The van der Waals surface area contributed by atoms with Crippen molar-refractivity contribution in [2.75, 3.05) is 26.2 Å². The van der Waals surface area contributed by atoms with Gasteiger partial charge >= 0.3 is 0 Å². The van der Waals surface area contributed by atoms with Crippen molar-refractivity contribution in [1.29, 1.82) is 0 Å². The molecule has 0 radical (unpaired) electrons. The number of piperazine rings is 1. The van der Waals surface area contributed by atoms with E-state index in [1.54, 1.807) is 17.0 Å². The largest absolute Gasteiger partial charge is 0.330 e. The van der Waals surface area contributed by atoms with Gasteiger partial charge in [-0.1, -0.05) is 24.6 Å². The number of carbonyl (C=O) groups excluding carboxylic acids is 1. The first kappa shape index (κ1) is 14.4. The molecule has 1 N–H and O–H groups in total. The van der Waals surface area contributed by atoms with E-state index in [2.05, 4.69) is 13.8 Å². The molecule has 1 fully saturated rings. The molecule has 1 atom stereocenters. The van der Waals surface area contributed by atoms with E-state index in [4.69, 9.17) is 11.6 Å². The molecule has 0 aromatic heterocycles. The van der Waals surface area contributed by atoms with Gasteiger partial charge in [0.05, 0.1) is 32.2 Å². The Labute approximate surface area is 120 Å². The maximum atomic E-state index is 12.4. The quantitative estimate of drug-likeness (QED) is 0.892. The van der Waals surface area contributed by atoms with Gasteiger partial charge in [-0.05, 0) is 31.5 Å². The van der Waals surface area contributed by atoms with Gasteiger partial charge in [-0.2, -0.15) is 0 Å². The van der Waals surface area contributed by atoms with Crippen molar-refractivity contribution in [3.8, 4) is 0 Å². The predicted molar refractivity (Wildman–Crippen MR) is 77.8 cm³/mol. The van der Waals surface area contributed by atoms with Crippen LogP contribution in [0.2, 0.25) is 5.02 Å². The summed E-state index contributed by atoms with van der Waals surface area (Å²) in [5.74, 6) is 0.103. The summed E-state index contributed by atoms with van der Waals surface area (Å²) in [7, 11) is 0. The molecule has 1 aliphatic heterocycles. The van der Waals surface area contributed by atoms with Crippen molar-refractivity contribution in [2.24, 2.45) is 0 Å². The third-order valence-corrected chi connectivity index (χ3v) is 4.31. The second-order valence-corrected chi connectivity index (χ2v) is 5.71. The average molecular weight is 282 g/mol. The van der Waals surface area contributed by atoms with Crippen LogP contribution in [0.3, 0.4) is 0 Å². The van der Waals surface area contributed by atoms with Crippen LogP contribution >= 0.6 is 11.6 Å². The summed E-state index contributed by atoms with van der Waals surface area (Å²) in [6.07, 6.45) is 1.19. The highest BCUT2D eigenvalue weighted by molar-refractivity contribution is 6.30. The van der Waals surface area contributed by atoms with Crippen LogP contribution in [0, 0.1) is 0 Å². The Morgan fingerprint density at radius 2 is 2.11 bits per heavy atom. The van der Waals surface area contributed by atoms with Crippen LogP contribution in [0.4, 0.5) is 0 Å². The van der Waals surface area contributed by atoms with Crippen LogP contribution < -0.4 is 4.90 Å². The first-order chi connectivity index (χ1) is 9.11. The molecular weight excluding hydrogens is 260 g/mol. The van der Waals surface area contributed by atoms with Crippen molar-refractivity contribution in [3.63, 3.8) is 0 Å². The van der Waals surface area contributed by atoms with Crippen LogP contribution in [0.1, 0.15) is 30.6 Å². The lowest BCUT2D eigenvalue weighted by Gasteiger charge is -2.35. The van der Waals surface area contributed by atoms with Gasteiger partial charge in [0, 0.05) is 10.6 Å². The predicted octanol–water partition coefficient (Wildman–Crippen LogP) is 1.48. The summed E-state index contributed by atoms with van der Waals surface area (Å²) in [5.41, 5.74) is 0.694. The standard InChI is InChI=1S/C15H21ClN2O/c1-3-12(2)17-7-9-18(10-8-17)15(19)13-5-4-6-14(16)11-13/h4-6,11-12H,3,7-10H2,1-2H3/p+1. The molecule has 0 aliphatic carbocycles. The number of benzene rings is 1. The summed E-state index contributed by atoms with van der Waals surface area (Å²) in [4.78, 5) is 15.9. The summed E-state index contributed by atoms with van der Waals surface area (Å²) in [5, 5.41) is 0.620. The van der Waals surface area contributed by atoms with E-state index >= 15 is 0 Å². The Kier molecular flexibility index (Phi) is 4.83. The van der Waals surface area contributed by atoms with Crippen LogP contribution in [0.15, 0.2) is 24.3 Å². The van der Waals surface area contributed by atoms with E-state index < -0.39 is 0 Å². The second kappa shape index (κ2) is 6.40. The molecular formula is C15H22ClN2O+. The number of hydrogen-bond acceptors (Lipinski definition) is 1. The van der Waals surface area contributed by atoms with Gasteiger partial charge in [-0.3, -0.25) is 4.79 Å². The van der Waals surface area contributed by atoms with Crippen LogP contribution in [-0.4, -0.2) is 43.0 Å². The molecule has 4 heteroatoms. The fourth-order valence-corrected chi connectivity index (χ4v) is 2.77. The summed E-state index contributed by atoms with van der Waals surface area (Å²) in [6.45, 7) is 8.27. The number of quaternary nitrogens is 1. The molecule has 1 aromatic carbocycles. The third-order valence-electron chi connectivity index (χ3n) is 4.07. The summed E-state index contributed by atoms with van der Waals surface area (Å²) in [6, 6.07) is 7.89. The molecule has 0 saturated carbocycles. The van der Waals surface area contributed by atoms with Gasteiger partial charge in [-0.25, -0.2) is 0 Å². The third kappa shape index (κ3) is 3.48. The van der Waals surface area contributed by atoms with E-state index in [-0.39, 0.29) is 5.91 Å². The van der Waals surface area contributed by atoms with Gasteiger partial charge in [-0.15, -0.1) is 0 Å². The minimum Gasteiger partial charge on any atom is -0.330 e. The molecule has 1 aromatic rings. The van der Waals surface area contributed by atoms with Gasteiger partial charge < -0.3 is 9.80 Å². The molecule has 1 unspecified atom stereocenters. The van der Waals surface area contributed by atoms with Crippen molar-refractivity contribution in [2.45, 2.75) is 26.3 Å². The minimum atomic E-state index is 0.103. The van der Waals surface area contributed by atoms with Gasteiger partial charge in [0.25, 0.3) is 5.91 Å². The van der Waals surface area contributed by atoms with Crippen molar-refractivity contribution >= 4 is 17.5 Å². The Hall–Kier alpha value is -1.06. The normalized spacial score (nSPS) is 18.4. The topological polar surface area (TPSA) is 24.8 Å². The number of nitrogens with zero attached hydrogens (tertiary/aromatic N) is 1. The van der Waals surface area contributed by atoms with Crippen LogP contribution in [0.5, 0.6) is 0 Å². The molecule has 2 rings (SSSR count). The van der Waals surface area contributed by atoms with Gasteiger partial charge in [0.1, 0.15) is 0 Å². The zero-order valence-electron chi connectivity index (χ0n) is 11.7. The first-order valence-electron chi connectivity index (χ1n) is 7.01. The number of nitrogens with one attached hydrogen (secondary N) is 1. The Morgan fingerprint density at radius 3 is 2.68 bits per heavy atom. The fraction of sp³-hybridized carbons (Fsp3) is 0.533. The van der Waals surface area contributed by atoms with E-state index in [1.165, 1.54) is 6.42 Å². The Bertz CT molecular complexity index is 442. The van der Waals surface area contributed by atoms with Gasteiger partial charge in [0.2, 0.25) is 0 Å². The number of hydrogen-bond donors (Lipinski definition) is 1. The number of rotatable bonds is 3. The monoisotopic (exact) mass is 281 g/mol. The lowest BCUT2D eigenvalue weighted by atomic mass is 10.1. The second-order valence-electron chi connectivity index (χ2n) is 5.27. The van der Waals surface area contributed by atoms with Crippen molar-refractivity contribution < 1.29 is 9.69 Å². The molecule has 1 heterocycles. The first-order valence-corrected chi connectivity index (χ1v) is 7.39. The molecule has 1 aliphatic rings. The minimum absolute atomic E-state index is 0.103. The van der Waals surface area contributed by atoms with Crippen LogP contribution in [0.25, 0.3) is 0 Å². The Balaban J connectivity index is 1.96. The highest BCUT2D eigenvalue weighted by Gasteiger charge is 2.26. The van der Waals surface area contributed by atoms with Crippen LogP contribution in [-0.2, 0) is 0 Å². The molecule has 104 valence electrons. The molecule has 3 nitrogen and oxygen atoms in total. The van der Waals surface area contributed by atoms with Gasteiger partial charge in [0.15, 0.2) is 0 Å². The molecule has 19 heavy (non-hydrogen) atoms. The lowest BCUT2D eigenvalue weighted by Crippen LogP contribution is -3.17. The molecule has 0 bridgehead atoms. The fourth-order valence-electron chi connectivity index (χ4n) is 2.58. The van der Waals surface area contributed by atoms with Crippen molar-refractivity contribution in [1.82, 2.24) is 4.90 Å². The zero-order chi connectivity index (χ0) is 13.8. The highest BCUT2D eigenvalue weighted by Crippen LogP contribution is 2.12. The van der Waals surface area contributed by atoms with E-state index in [1.807, 2.05) is 17.0 Å². The molecule has 0 spiro atoms. The lowest BCUT2D eigenvalue weighted by molar-refractivity contribution is -0.927. The maximum absolute atomic E-state index is 12.4. The Morgan fingerprint density at radius 1 is 1.42 bits per heavy atom. The summed E-state index contributed by atoms with van der Waals surface area (Å²) >= 11 is 5.94. The highest BCUT2D eigenvalue weighted by atomic mass is 35.5. The SMILES string of the molecule is CCC(C)[NH+]1CCN(C(=O)c2cccc(Cl)c2)CC1. The van der Waals surface area contributed by atoms with E-state index in [9.17, 15) is 4.79 Å². The van der Waals surface area contributed by atoms with Crippen molar-refractivity contribution in [3.05, 3.63) is 34.9 Å². The zero-order valence-corrected chi connectivity index (χ0v) is 12.4. The molecule has 1 amide bonds. The number of carbonyl (C=O) groups is 1. The maximum Gasteiger partial charge on any atom is 0.254 e. The smallest absolute Gasteiger partial charge is 0.254 e. The average Bonchev–Trinajstić information content (AvgIpc) is 2.46. The number of amides is 1. The summed E-state index contributed by atoms with van der Waals surface area (Å²) < 4.78 is 0. The molecule has 1 saturated heterocycles. The van der Waals surface area contributed by atoms with E-state index in [0.717, 1.165) is 26.2 Å². The number of halogens is 1.